The van der Waals surface area contributed by atoms with Gasteiger partial charge in [0.05, 0.1) is 18.3 Å². The lowest BCUT2D eigenvalue weighted by Gasteiger charge is -2.44. The van der Waals surface area contributed by atoms with Crippen molar-refractivity contribution in [1.82, 2.24) is 0 Å². The van der Waals surface area contributed by atoms with Crippen LogP contribution in [0.2, 0.25) is 0 Å². The van der Waals surface area contributed by atoms with Gasteiger partial charge in [-0.25, -0.2) is 0 Å². The van der Waals surface area contributed by atoms with Gasteiger partial charge < -0.3 is 15.3 Å². The highest BCUT2D eigenvalue weighted by atomic mass is 16.3. The molecule has 0 aromatic carbocycles. The number of aliphatic hydroxyl groups excluding tert-OH is 3. The highest BCUT2D eigenvalue weighted by molar-refractivity contribution is 5.38. The minimum Gasteiger partial charge on any atom is -0.393 e. The largest absolute Gasteiger partial charge is 0.393 e. The molecule has 0 spiro atoms. The van der Waals surface area contributed by atoms with E-state index in [0.29, 0.717) is 41.9 Å². The van der Waals surface area contributed by atoms with E-state index in [9.17, 15) is 15.3 Å². The second-order valence-corrected chi connectivity index (χ2v) is 10.7. The molecule has 0 bridgehead atoms. The third-order valence-electron chi connectivity index (χ3n) is 8.65. The topological polar surface area (TPSA) is 60.7 Å². The van der Waals surface area contributed by atoms with Gasteiger partial charge in [-0.05, 0) is 91.6 Å². The lowest BCUT2D eigenvalue weighted by Crippen LogP contribution is -2.35. The van der Waals surface area contributed by atoms with Crippen molar-refractivity contribution in [2.45, 2.75) is 89.9 Å². The van der Waals surface area contributed by atoms with E-state index >= 15 is 0 Å². The normalized spacial score (nSPS) is 42.1. The monoisotopic (exact) mass is 412 g/mol. The molecule has 4 fully saturated rings. The maximum atomic E-state index is 10.2. The molecular formula is C27H40O3. The molecule has 0 aromatic heterocycles. The van der Waals surface area contributed by atoms with Gasteiger partial charge in [-0.3, -0.25) is 0 Å². The Morgan fingerprint density at radius 2 is 1.87 bits per heavy atom. The van der Waals surface area contributed by atoms with Crippen LogP contribution >= 0.6 is 0 Å². The fourth-order valence-corrected chi connectivity index (χ4v) is 6.63. The van der Waals surface area contributed by atoms with Gasteiger partial charge in [-0.2, -0.15) is 0 Å². The maximum absolute atomic E-state index is 10.2. The Kier molecular flexibility index (Phi) is 6.44. The molecule has 0 aliphatic heterocycles. The van der Waals surface area contributed by atoms with Crippen molar-refractivity contribution < 1.29 is 15.3 Å². The third-order valence-corrected chi connectivity index (χ3v) is 8.65. The Morgan fingerprint density at radius 3 is 2.60 bits per heavy atom. The van der Waals surface area contributed by atoms with Crippen LogP contribution in [0.1, 0.15) is 71.6 Å². The summed E-state index contributed by atoms with van der Waals surface area (Å²) in [5, 5.41) is 30.4. The third kappa shape index (κ3) is 4.40. The first-order valence-electron chi connectivity index (χ1n) is 12.1. The molecule has 4 aliphatic rings. The summed E-state index contributed by atoms with van der Waals surface area (Å²) < 4.78 is 0. The fraction of sp³-hybridized carbons (Fsp3) is 0.704. The van der Waals surface area contributed by atoms with Crippen molar-refractivity contribution in [1.29, 1.82) is 0 Å². The summed E-state index contributed by atoms with van der Waals surface area (Å²) >= 11 is 0. The van der Waals surface area contributed by atoms with Crippen molar-refractivity contribution >= 4 is 0 Å². The maximum Gasteiger partial charge on any atom is 0.0811 e. The summed E-state index contributed by atoms with van der Waals surface area (Å²) in [6.07, 6.45) is 16.9. The first-order valence-corrected chi connectivity index (χ1v) is 12.1. The van der Waals surface area contributed by atoms with Crippen LogP contribution in [0, 0.1) is 29.1 Å². The van der Waals surface area contributed by atoms with Crippen LogP contribution in [-0.2, 0) is 0 Å². The summed E-state index contributed by atoms with van der Waals surface area (Å²) in [6, 6.07) is 0. The van der Waals surface area contributed by atoms with Gasteiger partial charge in [0.25, 0.3) is 0 Å². The van der Waals surface area contributed by atoms with Crippen molar-refractivity contribution in [3.05, 3.63) is 47.6 Å². The molecule has 3 N–H and O–H groups in total. The highest BCUT2D eigenvalue weighted by Gasteiger charge is 2.50. The van der Waals surface area contributed by atoms with Gasteiger partial charge in [0.1, 0.15) is 0 Å². The lowest BCUT2D eigenvalue weighted by molar-refractivity contribution is 0.0862. The summed E-state index contributed by atoms with van der Waals surface area (Å²) in [5.41, 5.74) is 3.63. The number of fused-ring (bicyclic) bond motifs is 1. The van der Waals surface area contributed by atoms with Crippen molar-refractivity contribution in [2.75, 3.05) is 0 Å². The van der Waals surface area contributed by atoms with Crippen LogP contribution < -0.4 is 0 Å². The van der Waals surface area contributed by atoms with E-state index in [-0.39, 0.29) is 6.10 Å². The van der Waals surface area contributed by atoms with Gasteiger partial charge in [-0.1, -0.05) is 50.3 Å². The van der Waals surface area contributed by atoms with Gasteiger partial charge in [-0.15, -0.1) is 0 Å². The minimum absolute atomic E-state index is 0.250. The molecule has 3 heteroatoms. The molecule has 0 saturated heterocycles. The van der Waals surface area contributed by atoms with Crippen LogP contribution in [0.3, 0.4) is 0 Å². The number of hydrogen-bond acceptors (Lipinski definition) is 3. The standard InChI is InChI=1S/C27H40O3/c1-17(6-13-25(29)20-8-9-20)23-11-12-24-19(5-4-14-27(23,24)3)7-10-21-15-22(28)16-26(30)18(21)2/h6-7,10,13,17,20,22-26,28-30H,2,4-5,8-9,11-12,14-16H2,1,3H3/b13-6+,19-7+,21-10+/t17-,22-,23?,24?,25-,26+,27-/m1/s1. The minimum atomic E-state index is -0.621. The van der Waals surface area contributed by atoms with E-state index in [1.807, 2.05) is 0 Å². The van der Waals surface area contributed by atoms with E-state index in [1.165, 1.54) is 44.1 Å². The molecule has 0 heterocycles. The van der Waals surface area contributed by atoms with Crippen LogP contribution in [-0.4, -0.2) is 33.6 Å². The zero-order valence-electron chi connectivity index (χ0n) is 18.8. The molecule has 3 nitrogen and oxygen atoms in total. The van der Waals surface area contributed by atoms with Crippen LogP contribution in [0.5, 0.6) is 0 Å². The Labute approximate surface area is 182 Å². The predicted molar refractivity (Wildman–Crippen MR) is 122 cm³/mol. The second kappa shape index (κ2) is 8.76. The van der Waals surface area contributed by atoms with Crippen molar-refractivity contribution in [3.63, 3.8) is 0 Å². The number of allylic oxidation sites excluding steroid dienone is 4. The van der Waals surface area contributed by atoms with Crippen LogP contribution in [0.15, 0.2) is 47.6 Å². The number of aliphatic hydroxyl groups is 3. The molecule has 4 aliphatic carbocycles. The highest BCUT2D eigenvalue weighted by Crippen LogP contribution is 2.59. The van der Waals surface area contributed by atoms with Gasteiger partial charge in [0.2, 0.25) is 0 Å². The van der Waals surface area contributed by atoms with E-state index < -0.39 is 12.2 Å². The Balaban J connectivity index is 1.48. The fourth-order valence-electron chi connectivity index (χ4n) is 6.63. The molecule has 4 rings (SSSR count). The van der Waals surface area contributed by atoms with E-state index in [1.54, 1.807) is 0 Å². The number of hydrogen-bond donors (Lipinski definition) is 3. The summed E-state index contributed by atoms with van der Waals surface area (Å²) in [7, 11) is 0. The summed E-state index contributed by atoms with van der Waals surface area (Å²) in [6.45, 7) is 8.88. The van der Waals surface area contributed by atoms with Crippen molar-refractivity contribution in [2.24, 2.45) is 29.1 Å². The molecule has 166 valence electrons. The zero-order chi connectivity index (χ0) is 21.5. The average Bonchev–Trinajstić information content (AvgIpc) is 3.49. The smallest absolute Gasteiger partial charge is 0.0811 e. The number of rotatable bonds is 5. The van der Waals surface area contributed by atoms with E-state index in [2.05, 4.69) is 44.7 Å². The zero-order valence-corrected chi connectivity index (χ0v) is 18.8. The van der Waals surface area contributed by atoms with Crippen molar-refractivity contribution in [3.8, 4) is 0 Å². The van der Waals surface area contributed by atoms with E-state index in [0.717, 1.165) is 17.6 Å². The molecule has 30 heavy (non-hydrogen) atoms. The SMILES string of the molecule is C=C1/C(=C/C=C2\CCC[C@@]3(C)C2CCC3[C@H](C)/C=C/[C@@H](O)C2CC2)C[C@@H](O)C[C@@H]1O. The van der Waals surface area contributed by atoms with Crippen LogP contribution in [0.4, 0.5) is 0 Å². The first kappa shape index (κ1) is 22.0. The first-order chi connectivity index (χ1) is 14.3. The molecule has 0 amide bonds. The molecule has 4 saturated carbocycles. The van der Waals surface area contributed by atoms with Gasteiger partial charge in [0.15, 0.2) is 0 Å². The van der Waals surface area contributed by atoms with Gasteiger partial charge in [0, 0.05) is 6.42 Å². The Hall–Kier alpha value is -1.16. The molecule has 0 radical (unpaired) electrons. The lowest BCUT2D eigenvalue weighted by atomic mass is 9.61. The Bertz CT molecular complexity index is 743. The average molecular weight is 413 g/mol. The predicted octanol–water partition coefficient (Wildman–Crippen LogP) is 5.09. The second-order valence-electron chi connectivity index (χ2n) is 10.7. The van der Waals surface area contributed by atoms with Gasteiger partial charge >= 0.3 is 0 Å². The molecule has 0 aromatic rings. The summed E-state index contributed by atoms with van der Waals surface area (Å²) in [4.78, 5) is 0. The molecule has 7 atom stereocenters. The molecule has 2 unspecified atom stereocenters. The van der Waals surface area contributed by atoms with Crippen LogP contribution in [0.25, 0.3) is 0 Å². The summed E-state index contributed by atoms with van der Waals surface area (Å²) in [5.74, 6) is 2.28. The molecular weight excluding hydrogens is 372 g/mol. The quantitative estimate of drug-likeness (QED) is 0.551. The Morgan fingerprint density at radius 1 is 1.10 bits per heavy atom. The van der Waals surface area contributed by atoms with E-state index in [4.69, 9.17) is 0 Å².